The van der Waals surface area contributed by atoms with Crippen molar-refractivity contribution in [3.05, 3.63) is 33.9 Å². The van der Waals surface area contributed by atoms with Crippen LogP contribution < -0.4 is 9.47 Å². The number of ether oxygens (including phenoxy) is 4. The number of carboxylic acid groups (broad SMARTS) is 1. The van der Waals surface area contributed by atoms with Crippen LogP contribution in [0.4, 0.5) is 0 Å². The minimum absolute atomic E-state index is 0.00480. The Labute approximate surface area is 196 Å². The van der Waals surface area contributed by atoms with Crippen LogP contribution in [0.2, 0.25) is 0 Å². The van der Waals surface area contributed by atoms with Gasteiger partial charge in [0.25, 0.3) is 0 Å². The number of aliphatic hydroxyl groups excluding tert-OH is 4. The van der Waals surface area contributed by atoms with Crippen molar-refractivity contribution >= 4 is 11.9 Å². The molecule has 0 aliphatic carbocycles. The van der Waals surface area contributed by atoms with E-state index in [0.29, 0.717) is 28.9 Å². The normalized spacial score (nSPS) is 26.7. The lowest BCUT2D eigenvalue weighted by Crippen LogP contribution is -2.60. The number of carbonyl (C=O) groups excluding carboxylic acids is 1. The molecule has 11 nitrogen and oxygen atoms in total. The monoisotopic (exact) mass is 482 g/mol. The number of benzene rings is 1. The minimum atomic E-state index is -1.68. The summed E-state index contributed by atoms with van der Waals surface area (Å²) in [5.74, 6) is -1.13. The number of methoxy groups -OCH3 is 1. The number of allylic oxidation sites excluding steroid dienone is 2. The fourth-order valence-corrected chi connectivity index (χ4v) is 4.10. The summed E-state index contributed by atoms with van der Waals surface area (Å²) < 4.78 is 22.2. The van der Waals surface area contributed by atoms with E-state index in [4.69, 9.17) is 24.1 Å². The Morgan fingerprint density at radius 3 is 2.47 bits per heavy atom. The zero-order chi connectivity index (χ0) is 25.2. The van der Waals surface area contributed by atoms with Crippen molar-refractivity contribution in [2.75, 3.05) is 13.7 Å². The second kappa shape index (κ2) is 10.7. The molecule has 0 saturated carbocycles. The van der Waals surface area contributed by atoms with E-state index in [2.05, 4.69) is 0 Å². The fourth-order valence-electron chi connectivity index (χ4n) is 4.10. The summed E-state index contributed by atoms with van der Waals surface area (Å²) in [5, 5.41) is 49.0. The molecule has 0 unspecified atom stereocenters. The third kappa shape index (κ3) is 5.03. The quantitative estimate of drug-likeness (QED) is 0.240. The average molecular weight is 482 g/mol. The van der Waals surface area contributed by atoms with Crippen LogP contribution in [0.1, 0.15) is 46.8 Å². The van der Waals surface area contributed by atoms with Gasteiger partial charge in [0.1, 0.15) is 48.1 Å². The summed E-state index contributed by atoms with van der Waals surface area (Å²) in [5.41, 5.74) is 2.56. The first-order valence-corrected chi connectivity index (χ1v) is 10.8. The van der Waals surface area contributed by atoms with Gasteiger partial charge in [-0.15, -0.1) is 0 Å². The van der Waals surface area contributed by atoms with Gasteiger partial charge in [0.15, 0.2) is 0 Å². The Bertz CT molecular complexity index is 968. The van der Waals surface area contributed by atoms with Crippen molar-refractivity contribution < 1.29 is 54.1 Å². The first-order chi connectivity index (χ1) is 16.1. The zero-order valence-electron chi connectivity index (χ0n) is 19.2. The summed E-state index contributed by atoms with van der Waals surface area (Å²) >= 11 is 0. The molecule has 0 bridgehead atoms. The minimum Gasteiger partial charge on any atom is -0.496 e. The lowest BCUT2D eigenvalue weighted by atomic mass is 9.94. The van der Waals surface area contributed by atoms with Gasteiger partial charge in [-0.05, 0) is 32.3 Å². The lowest BCUT2D eigenvalue weighted by molar-refractivity contribution is -0.277. The number of aliphatic carboxylic acids is 1. The number of aliphatic hydroxyl groups is 4. The van der Waals surface area contributed by atoms with Crippen LogP contribution in [0.15, 0.2) is 11.6 Å². The molecule has 0 aromatic heterocycles. The van der Waals surface area contributed by atoms with Gasteiger partial charge < -0.3 is 44.5 Å². The van der Waals surface area contributed by atoms with Crippen molar-refractivity contribution in [2.24, 2.45) is 0 Å². The molecule has 0 spiro atoms. The van der Waals surface area contributed by atoms with E-state index in [1.807, 2.05) is 0 Å². The molecular weight excluding hydrogens is 452 g/mol. The molecule has 11 heteroatoms. The highest BCUT2D eigenvalue weighted by molar-refractivity contribution is 5.98. The molecule has 0 radical (unpaired) electrons. The maximum atomic E-state index is 12.6. The fraction of sp³-hybridized carbons (Fsp3) is 0.565. The van der Waals surface area contributed by atoms with Crippen molar-refractivity contribution in [1.29, 1.82) is 0 Å². The molecule has 34 heavy (non-hydrogen) atoms. The number of hydrogen-bond acceptors (Lipinski definition) is 10. The van der Waals surface area contributed by atoms with Crippen LogP contribution in [-0.2, 0) is 27.3 Å². The van der Waals surface area contributed by atoms with Gasteiger partial charge in [-0.3, -0.25) is 4.79 Å². The maximum absolute atomic E-state index is 12.6. The van der Waals surface area contributed by atoms with Crippen LogP contribution in [0.25, 0.3) is 0 Å². The SMILES string of the molecule is COc1c(C)c2c(c(O[C@@H]3O[C@H](CO)[C@@H](O)[C@H](O)[C@H]3O)c1C/C=C(\C)CCC(=O)O)C(=O)OC2. The molecule has 2 aliphatic heterocycles. The number of esters is 1. The number of carbonyl (C=O) groups is 2. The van der Waals surface area contributed by atoms with Gasteiger partial charge in [-0.1, -0.05) is 11.6 Å². The van der Waals surface area contributed by atoms with E-state index in [9.17, 15) is 30.0 Å². The Balaban J connectivity index is 2.06. The summed E-state index contributed by atoms with van der Waals surface area (Å²) in [6, 6.07) is 0. The molecule has 1 fully saturated rings. The van der Waals surface area contributed by atoms with Gasteiger partial charge in [0.2, 0.25) is 6.29 Å². The number of fused-ring (bicyclic) bond motifs is 1. The third-order valence-corrected chi connectivity index (χ3v) is 6.10. The molecule has 1 saturated heterocycles. The predicted molar refractivity (Wildman–Crippen MR) is 116 cm³/mol. The number of hydrogen-bond donors (Lipinski definition) is 5. The zero-order valence-corrected chi connectivity index (χ0v) is 19.2. The summed E-state index contributed by atoms with van der Waals surface area (Å²) in [6.45, 7) is 2.90. The average Bonchev–Trinajstić information content (AvgIpc) is 3.20. The molecule has 0 amide bonds. The van der Waals surface area contributed by atoms with Gasteiger partial charge in [-0.25, -0.2) is 4.79 Å². The van der Waals surface area contributed by atoms with Crippen LogP contribution in [0.5, 0.6) is 11.5 Å². The molecule has 2 heterocycles. The van der Waals surface area contributed by atoms with Crippen LogP contribution in [0.3, 0.4) is 0 Å². The van der Waals surface area contributed by atoms with E-state index >= 15 is 0 Å². The number of cyclic esters (lactones) is 1. The highest BCUT2D eigenvalue weighted by atomic mass is 16.7. The molecule has 188 valence electrons. The molecule has 5 N–H and O–H groups in total. The van der Waals surface area contributed by atoms with Crippen molar-refractivity contribution in [1.82, 2.24) is 0 Å². The topological polar surface area (TPSA) is 172 Å². The molecule has 1 aromatic rings. The summed E-state index contributed by atoms with van der Waals surface area (Å²) in [7, 11) is 1.45. The van der Waals surface area contributed by atoms with E-state index in [1.165, 1.54) is 7.11 Å². The highest BCUT2D eigenvalue weighted by Gasteiger charge is 2.46. The second-order valence-corrected chi connectivity index (χ2v) is 8.36. The van der Waals surface area contributed by atoms with Gasteiger partial charge in [0.05, 0.1) is 13.7 Å². The lowest BCUT2D eigenvalue weighted by Gasteiger charge is -2.40. The van der Waals surface area contributed by atoms with Crippen LogP contribution >= 0.6 is 0 Å². The smallest absolute Gasteiger partial charge is 0.342 e. The van der Waals surface area contributed by atoms with E-state index in [-0.39, 0.29) is 30.8 Å². The third-order valence-electron chi connectivity index (χ3n) is 6.10. The largest absolute Gasteiger partial charge is 0.496 e. The summed E-state index contributed by atoms with van der Waals surface area (Å²) in [6.07, 6.45) is -5.36. The molecule has 5 atom stereocenters. The maximum Gasteiger partial charge on any atom is 0.342 e. The Hall–Kier alpha value is -2.70. The van der Waals surface area contributed by atoms with Crippen molar-refractivity contribution in [3.63, 3.8) is 0 Å². The van der Waals surface area contributed by atoms with Crippen molar-refractivity contribution in [3.8, 4) is 11.5 Å². The highest BCUT2D eigenvalue weighted by Crippen LogP contribution is 2.44. The first kappa shape index (κ1) is 25.9. The second-order valence-electron chi connectivity index (χ2n) is 8.36. The molecule has 2 aliphatic rings. The van der Waals surface area contributed by atoms with E-state index in [1.54, 1.807) is 19.9 Å². The number of carboxylic acids is 1. The Kier molecular flexibility index (Phi) is 8.16. The molecular formula is C23H30O11. The predicted octanol–water partition coefficient (Wildman–Crippen LogP) is 0.206. The van der Waals surface area contributed by atoms with Gasteiger partial charge in [0, 0.05) is 17.5 Å². The first-order valence-electron chi connectivity index (χ1n) is 10.8. The molecule has 1 aromatic carbocycles. The van der Waals surface area contributed by atoms with Crippen LogP contribution in [0, 0.1) is 6.92 Å². The summed E-state index contributed by atoms with van der Waals surface area (Å²) in [4.78, 5) is 23.5. The van der Waals surface area contributed by atoms with Crippen LogP contribution in [-0.4, -0.2) is 81.9 Å². The Morgan fingerprint density at radius 1 is 1.15 bits per heavy atom. The number of rotatable bonds is 9. The molecule has 3 rings (SSSR count). The van der Waals surface area contributed by atoms with Crippen molar-refractivity contribution in [2.45, 2.75) is 70.4 Å². The van der Waals surface area contributed by atoms with E-state index < -0.39 is 49.3 Å². The standard InChI is InChI=1S/C23H30O11/c1-10(5-7-15(25)26)4-6-12-20(31-3)11(2)13-9-32-22(30)16(13)21(12)34-23-19(29)18(28)17(27)14(8-24)33-23/h4,14,17-19,23-24,27-29H,5-9H2,1-3H3,(H,25,26)/b10-4+/t14-,17-,18+,19-,23+/m1/s1. The van der Waals surface area contributed by atoms with Gasteiger partial charge in [-0.2, -0.15) is 0 Å². The Morgan fingerprint density at radius 2 is 1.85 bits per heavy atom. The van der Waals surface area contributed by atoms with E-state index in [0.717, 1.165) is 5.57 Å². The van der Waals surface area contributed by atoms with Gasteiger partial charge >= 0.3 is 11.9 Å².